The van der Waals surface area contributed by atoms with Crippen LogP contribution in [0.5, 0.6) is 11.6 Å². The summed E-state index contributed by atoms with van der Waals surface area (Å²) in [6.45, 7) is 0. The van der Waals surface area contributed by atoms with Crippen molar-refractivity contribution in [3.63, 3.8) is 0 Å². The first kappa shape index (κ1) is 12.0. The van der Waals surface area contributed by atoms with Gasteiger partial charge in [-0.25, -0.2) is 4.98 Å². The van der Waals surface area contributed by atoms with Crippen LogP contribution in [0.2, 0.25) is 0 Å². The first-order chi connectivity index (χ1) is 9.74. The summed E-state index contributed by atoms with van der Waals surface area (Å²) in [5, 5.41) is 11.8. The van der Waals surface area contributed by atoms with E-state index >= 15 is 0 Å². The summed E-state index contributed by atoms with van der Waals surface area (Å²) in [6.07, 6.45) is 2.96. The minimum absolute atomic E-state index is 0.0467. The molecule has 0 fully saturated rings. The minimum Gasteiger partial charge on any atom is -0.432 e. The fraction of sp³-hybridized carbons (Fsp3) is 0. The largest absolute Gasteiger partial charge is 0.432 e. The van der Waals surface area contributed by atoms with E-state index in [0.29, 0.717) is 5.75 Å². The molecule has 0 aliphatic heterocycles. The lowest BCUT2D eigenvalue weighted by Gasteiger charge is -2.05. The van der Waals surface area contributed by atoms with E-state index in [1.54, 1.807) is 6.07 Å². The van der Waals surface area contributed by atoms with Gasteiger partial charge >= 0.3 is 5.69 Å². The Balaban J connectivity index is 1.99. The van der Waals surface area contributed by atoms with Gasteiger partial charge in [0.15, 0.2) is 0 Å². The van der Waals surface area contributed by atoms with Crippen molar-refractivity contribution in [2.24, 2.45) is 0 Å². The molecule has 2 heterocycles. The third-order valence-corrected chi connectivity index (χ3v) is 2.73. The van der Waals surface area contributed by atoms with Gasteiger partial charge in [0.25, 0.3) is 5.88 Å². The molecule has 2 aromatic heterocycles. The first-order valence-electron chi connectivity index (χ1n) is 5.86. The fourth-order valence-corrected chi connectivity index (χ4v) is 1.82. The average Bonchev–Trinajstić information content (AvgIpc) is 2.47. The van der Waals surface area contributed by atoms with Gasteiger partial charge in [-0.2, -0.15) is 0 Å². The molecule has 3 rings (SSSR count). The van der Waals surface area contributed by atoms with E-state index in [9.17, 15) is 10.1 Å². The molecule has 0 radical (unpaired) electrons. The number of benzene rings is 1. The molecule has 0 N–H and O–H groups in total. The molecular formula is C14H9N3O3. The average molecular weight is 267 g/mol. The first-order valence-corrected chi connectivity index (χ1v) is 5.86. The number of aromatic nitrogens is 2. The second-order valence-electron chi connectivity index (χ2n) is 4.05. The third-order valence-electron chi connectivity index (χ3n) is 2.73. The van der Waals surface area contributed by atoms with Crippen LogP contribution in [0.4, 0.5) is 5.69 Å². The number of fused-ring (bicyclic) bond motifs is 1. The lowest BCUT2D eigenvalue weighted by molar-refractivity contribution is -0.386. The molecule has 0 saturated carbocycles. The molecule has 0 unspecified atom stereocenters. The molecule has 0 saturated heterocycles. The monoisotopic (exact) mass is 267 g/mol. The Labute approximate surface area is 113 Å². The lowest BCUT2D eigenvalue weighted by Crippen LogP contribution is -1.95. The van der Waals surface area contributed by atoms with Crippen molar-refractivity contribution < 1.29 is 9.66 Å². The van der Waals surface area contributed by atoms with E-state index in [2.05, 4.69) is 9.97 Å². The van der Waals surface area contributed by atoms with Gasteiger partial charge in [0.1, 0.15) is 5.75 Å². The Kier molecular flexibility index (Phi) is 2.96. The summed E-state index contributed by atoms with van der Waals surface area (Å²) in [7, 11) is 0. The van der Waals surface area contributed by atoms with Crippen LogP contribution < -0.4 is 4.74 Å². The number of nitro groups is 1. The smallest absolute Gasteiger partial charge is 0.331 e. The van der Waals surface area contributed by atoms with Crippen molar-refractivity contribution in [1.29, 1.82) is 0 Å². The van der Waals surface area contributed by atoms with Crippen LogP contribution in [0.15, 0.2) is 54.9 Å². The van der Waals surface area contributed by atoms with E-state index < -0.39 is 4.92 Å². The normalized spacial score (nSPS) is 10.4. The van der Waals surface area contributed by atoms with Crippen molar-refractivity contribution in [3.05, 3.63) is 65.0 Å². The summed E-state index contributed by atoms with van der Waals surface area (Å²) in [5.41, 5.74) is 0.649. The highest BCUT2D eigenvalue weighted by atomic mass is 16.6. The molecule has 1 aromatic carbocycles. The molecule has 0 aliphatic carbocycles. The van der Waals surface area contributed by atoms with Crippen molar-refractivity contribution in [2.75, 3.05) is 0 Å². The van der Waals surface area contributed by atoms with Gasteiger partial charge in [0.05, 0.1) is 16.6 Å². The number of para-hydroxylation sites is 1. The Morgan fingerprint density at radius 2 is 1.95 bits per heavy atom. The Morgan fingerprint density at radius 3 is 2.80 bits per heavy atom. The van der Waals surface area contributed by atoms with Gasteiger partial charge in [-0.3, -0.25) is 15.1 Å². The van der Waals surface area contributed by atoms with Crippen LogP contribution >= 0.6 is 0 Å². The molecule has 0 bridgehead atoms. The highest BCUT2D eigenvalue weighted by molar-refractivity contribution is 5.79. The van der Waals surface area contributed by atoms with Crippen molar-refractivity contribution >= 4 is 16.6 Å². The van der Waals surface area contributed by atoms with Crippen molar-refractivity contribution in [3.8, 4) is 11.6 Å². The summed E-state index contributed by atoms with van der Waals surface area (Å²) in [4.78, 5) is 18.5. The fourth-order valence-electron chi connectivity index (χ4n) is 1.82. The Hall–Kier alpha value is -3.02. The van der Waals surface area contributed by atoms with E-state index in [0.717, 1.165) is 10.9 Å². The van der Waals surface area contributed by atoms with Crippen LogP contribution in [0.1, 0.15) is 0 Å². The molecule has 0 aliphatic rings. The molecule has 0 atom stereocenters. The zero-order valence-electron chi connectivity index (χ0n) is 10.3. The van der Waals surface area contributed by atoms with E-state index in [4.69, 9.17) is 4.74 Å². The molecule has 3 aromatic rings. The molecular weight excluding hydrogens is 258 g/mol. The predicted octanol–water partition coefficient (Wildman–Crippen LogP) is 3.33. The molecule has 20 heavy (non-hydrogen) atoms. The Bertz CT molecular complexity index is 789. The quantitative estimate of drug-likeness (QED) is 0.537. The van der Waals surface area contributed by atoms with Crippen LogP contribution in [-0.2, 0) is 0 Å². The Morgan fingerprint density at radius 1 is 1.10 bits per heavy atom. The third kappa shape index (κ3) is 2.26. The van der Waals surface area contributed by atoms with Gasteiger partial charge < -0.3 is 4.74 Å². The number of hydrogen-bond acceptors (Lipinski definition) is 5. The second kappa shape index (κ2) is 4.93. The maximum atomic E-state index is 10.9. The van der Waals surface area contributed by atoms with E-state index in [1.165, 1.54) is 24.5 Å². The number of ether oxygens (including phenoxy) is 1. The summed E-state index contributed by atoms with van der Waals surface area (Å²) >= 11 is 0. The van der Waals surface area contributed by atoms with Crippen LogP contribution in [-0.4, -0.2) is 14.9 Å². The summed E-state index contributed by atoms with van der Waals surface area (Å²) in [6, 6.07) is 12.1. The number of rotatable bonds is 3. The summed E-state index contributed by atoms with van der Waals surface area (Å²) < 4.78 is 5.46. The van der Waals surface area contributed by atoms with Gasteiger partial charge in [-0.05, 0) is 18.2 Å². The SMILES string of the molecule is O=[N+]([O-])c1cccnc1Oc1cnc2ccccc2c1. The van der Waals surface area contributed by atoms with E-state index in [1.807, 2.05) is 24.3 Å². The van der Waals surface area contributed by atoms with Crippen LogP contribution in [0, 0.1) is 10.1 Å². The van der Waals surface area contributed by atoms with Crippen molar-refractivity contribution in [1.82, 2.24) is 9.97 Å². The van der Waals surface area contributed by atoms with Crippen LogP contribution in [0.25, 0.3) is 10.9 Å². The van der Waals surface area contributed by atoms with E-state index in [-0.39, 0.29) is 11.6 Å². The van der Waals surface area contributed by atoms with Gasteiger partial charge in [-0.15, -0.1) is 0 Å². The van der Waals surface area contributed by atoms with Gasteiger partial charge in [0.2, 0.25) is 0 Å². The topological polar surface area (TPSA) is 78.2 Å². The molecule has 0 spiro atoms. The summed E-state index contributed by atoms with van der Waals surface area (Å²) in [5.74, 6) is 0.361. The van der Waals surface area contributed by atoms with Crippen molar-refractivity contribution in [2.45, 2.75) is 0 Å². The maximum absolute atomic E-state index is 10.9. The predicted molar refractivity (Wildman–Crippen MR) is 72.7 cm³/mol. The molecule has 0 amide bonds. The highest BCUT2D eigenvalue weighted by Gasteiger charge is 2.16. The molecule has 6 heteroatoms. The minimum atomic E-state index is -0.531. The van der Waals surface area contributed by atoms with Gasteiger partial charge in [-0.1, -0.05) is 18.2 Å². The second-order valence-corrected chi connectivity index (χ2v) is 4.05. The molecule has 98 valence electrons. The number of pyridine rings is 2. The number of hydrogen-bond donors (Lipinski definition) is 0. The zero-order chi connectivity index (χ0) is 13.9. The zero-order valence-corrected chi connectivity index (χ0v) is 10.3. The highest BCUT2D eigenvalue weighted by Crippen LogP contribution is 2.29. The van der Waals surface area contributed by atoms with Crippen LogP contribution in [0.3, 0.4) is 0 Å². The standard InChI is InChI=1S/C14H9N3O3/c18-17(19)13-6-3-7-15-14(13)20-11-8-10-4-1-2-5-12(10)16-9-11/h1-9H. The van der Waals surface area contributed by atoms with Gasteiger partial charge in [0, 0.05) is 17.6 Å². The lowest BCUT2D eigenvalue weighted by atomic mass is 10.2. The maximum Gasteiger partial charge on any atom is 0.331 e. The molecule has 6 nitrogen and oxygen atoms in total. The number of nitrogens with zero attached hydrogens (tertiary/aromatic N) is 3.